The van der Waals surface area contributed by atoms with E-state index < -0.39 is 12.3 Å². The minimum atomic E-state index is -0.797. The third-order valence-corrected chi connectivity index (χ3v) is 3.71. The van der Waals surface area contributed by atoms with Crippen molar-refractivity contribution in [2.24, 2.45) is 0 Å². The Morgan fingerprint density at radius 2 is 1.68 bits per heavy atom. The summed E-state index contributed by atoms with van der Waals surface area (Å²) in [6.07, 6.45) is -0.797. The summed E-state index contributed by atoms with van der Waals surface area (Å²) in [6, 6.07) is 17.9. The molecule has 0 fully saturated rings. The van der Waals surface area contributed by atoms with E-state index in [2.05, 4.69) is 5.32 Å². The van der Waals surface area contributed by atoms with Crippen molar-refractivity contribution < 1.29 is 14.3 Å². The molecule has 1 aliphatic heterocycles. The van der Waals surface area contributed by atoms with Gasteiger partial charge >= 0.3 is 5.97 Å². The van der Waals surface area contributed by atoms with Gasteiger partial charge in [-0.15, -0.1) is 0 Å². The first kappa shape index (κ1) is 14.6. The Kier molecular flexibility index (Phi) is 4.13. The summed E-state index contributed by atoms with van der Waals surface area (Å²) >= 11 is 5.94. The van der Waals surface area contributed by atoms with E-state index in [1.165, 1.54) is 7.11 Å². The number of cyclic esters (lactones) is 1. The van der Waals surface area contributed by atoms with Gasteiger partial charge in [-0.05, 0) is 23.3 Å². The fraction of sp³-hybridized carbons (Fsp3) is 0.118. The fourth-order valence-electron chi connectivity index (χ4n) is 2.23. The second kappa shape index (κ2) is 6.22. The van der Waals surface area contributed by atoms with Gasteiger partial charge in [0.05, 0.1) is 0 Å². The molecular weight excluding hydrogens is 302 g/mol. The molecule has 1 atom stereocenters. The molecule has 0 spiro atoms. The molecule has 2 aromatic carbocycles. The lowest BCUT2D eigenvalue weighted by molar-refractivity contribution is -0.155. The Balaban J connectivity index is 1.81. The van der Waals surface area contributed by atoms with Crippen molar-refractivity contribution in [1.29, 1.82) is 0 Å². The number of benzene rings is 2. The molecule has 0 bridgehead atoms. The first-order valence-corrected chi connectivity index (χ1v) is 7.13. The zero-order chi connectivity index (χ0) is 15.5. The molecule has 1 N–H and O–H groups in total. The normalized spacial score (nSPS) is 17.5. The van der Waals surface area contributed by atoms with E-state index in [1.807, 2.05) is 54.6 Å². The van der Waals surface area contributed by atoms with Gasteiger partial charge in [0.1, 0.15) is 5.70 Å². The summed E-state index contributed by atoms with van der Waals surface area (Å²) in [4.78, 5) is 11.5. The maximum atomic E-state index is 11.5. The quantitative estimate of drug-likeness (QED) is 0.873. The van der Waals surface area contributed by atoms with Crippen LogP contribution in [0.1, 0.15) is 0 Å². The van der Waals surface area contributed by atoms with Gasteiger partial charge in [-0.2, -0.15) is 0 Å². The summed E-state index contributed by atoms with van der Waals surface area (Å²) in [7, 11) is 1.45. The van der Waals surface area contributed by atoms with Crippen molar-refractivity contribution in [1.82, 2.24) is 0 Å². The average molecular weight is 316 g/mol. The van der Waals surface area contributed by atoms with Crippen LogP contribution in [-0.4, -0.2) is 19.4 Å². The van der Waals surface area contributed by atoms with Gasteiger partial charge in [-0.3, -0.25) is 0 Å². The molecule has 22 heavy (non-hydrogen) atoms. The molecular formula is C17H14ClNO3. The molecule has 0 saturated heterocycles. The molecule has 3 rings (SSSR count). The molecule has 0 amide bonds. The number of nitrogens with one attached hydrogen (secondary N) is 1. The highest BCUT2D eigenvalue weighted by atomic mass is 35.5. The van der Waals surface area contributed by atoms with Gasteiger partial charge in [0.15, 0.2) is 5.03 Å². The standard InChI is InChI=1S/C17H14ClNO3/c1-21-17-15(14(18)16(20)22-17)19-13-9-7-12(8-10-13)11-5-3-2-4-6-11/h2-10,17,19H,1H3. The Morgan fingerprint density at radius 1 is 1.05 bits per heavy atom. The molecule has 1 aliphatic rings. The van der Waals surface area contributed by atoms with Crippen molar-refractivity contribution in [3.8, 4) is 11.1 Å². The molecule has 5 heteroatoms. The first-order valence-electron chi connectivity index (χ1n) is 6.75. The van der Waals surface area contributed by atoms with E-state index >= 15 is 0 Å². The predicted octanol–water partition coefficient (Wildman–Crippen LogP) is 3.75. The maximum absolute atomic E-state index is 11.5. The van der Waals surface area contributed by atoms with Crippen molar-refractivity contribution in [3.63, 3.8) is 0 Å². The lowest BCUT2D eigenvalue weighted by atomic mass is 10.1. The Hall–Kier alpha value is -2.30. The number of ether oxygens (including phenoxy) is 2. The fourth-order valence-corrected chi connectivity index (χ4v) is 2.41. The largest absolute Gasteiger partial charge is 0.425 e. The molecule has 0 aliphatic carbocycles. The topological polar surface area (TPSA) is 47.6 Å². The molecule has 0 radical (unpaired) electrons. The van der Waals surface area contributed by atoms with Crippen LogP contribution in [-0.2, 0) is 14.3 Å². The lowest BCUT2D eigenvalue weighted by Crippen LogP contribution is -2.18. The zero-order valence-corrected chi connectivity index (χ0v) is 12.6. The molecule has 112 valence electrons. The summed E-state index contributed by atoms with van der Waals surface area (Å²) < 4.78 is 10.1. The van der Waals surface area contributed by atoms with Crippen molar-refractivity contribution in [2.45, 2.75) is 6.29 Å². The van der Waals surface area contributed by atoms with Gasteiger partial charge in [-0.1, -0.05) is 54.1 Å². The highest BCUT2D eigenvalue weighted by molar-refractivity contribution is 6.42. The number of halogens is 1. The third kappa shape index (κ3) is 2.84. The first-order chi connectivity index (χ1) is 10.7. The SMILES string of the molecule is COC1OC(=O)C(Cl)=C1Nc1ccc(-c2ccccc2)cc1. The number of anilines is 1. The molecule has 0 saturated carbocycles. The van der Waals surface area contributed by atoms with Crippen LogP contribution in [0.2, 0.25) is 0 Å². The highest BCUT2D eigenvalue weighted by Crippen LogP contribution is 2.28. The minimum Gasteiger partial charge on any atom is -0.425 e. The van der Waals surface area contributed by atoms with Crippen LogP contribution >= 0.6 is 11.6 Å². The number of rotatable bonds is 4. The second-order valence-corrected chi connectivity index (χ2v) is 5.15. The predicted molar refractivity (Wildman–Crippen MR) is 85.3 cm³/mol. The summed E-state index contributed by atoms with van der Waals surface area (Å²) in [5.41, 5.74) is 3.46. The smallest absolute Gasteiger partial charge is 0.354 e. The number of methoxy groups -OCH3 is 1. The van der Waals surface area contributed by atoms with Crippen LogP contribution in [0, 0.1) is 0 Å². The molecule has 1 heterocycles. The van der Waals surface area contributed by atoms with E-state index in [0.29, 0.717) is 5.70 Å². The number of esters is 1. The van der Waals surface area contributed by atoms with E-state index in [9.17, 15) is 4.79 Å². The minimum absolute atomic E-state index is 0.0129. The van der Waals surface area contributed by atoms with E-state index in [0.717, 1.165) is 16.8 Å². The Bertz CT molecular complexity index is 710. The van der Waals surface area contributed by atoms with Crippen molar-refractivity contribution in [3.05, 3.63) is 65.3 Å². The molecule has 2 aromatic rings. The molecule has 4 nitrogen and oxygen atoms in total. The van der Waals surface area contributed by atoms with Gasteiger partial charge in [0.25, 0.3) is 0 Å². The number of hydrogen-bond donors (Lipinski definition) is 1. The zero-order valence-electron chi connectivity index (χ0n) is 11.9. The van der Waals surface area contributed by atoms with Gasteiger partial charge in [0, 0.05) is 12.8 Å². The summed E-state index contributed by atoms with van der Waals surface area (Å²) in [5, 5.41) is 3.09. The number of carbonyl (C=O) groups excluding carboxylic acids is 1. The summed E-state index contributed by atoms with van der Waals surface area (Å²) in [5.74, 6) is -0.586. The van der Waals surface area contributed by atoms with E-state index in [4.69, 9.17) is 21.1 Å². The number of hydrogen-bond acceptors (Lipinski definition) is 4. The second-order valence-electron chi connectivity index (χ2n) is 4.77. The average Bonchev–Trinajstić information content (AvgIpc) is 2.84. The van der Waals surface area contributed by atoms with Gasteiger partial charge in [-0.25, -0.2) is 4.79 Å². The van der Waals surface area contributed by atoms with E-state index in [1.54, 1.807) is 0 Å². The van der Waals surface area contributed by atoms with Crippen LogP contribution < -0.4 is 5.32 Å². The summed E-state index contributed by atoms with van der Waals surface area (Å²) in [6.45, 7) is 0. The Labute approximate surface area is 133 Å². The van der Waals surface area contributed by atoms with Crippen LogP contribution in [0.5, 0.6) is 0 Å². The Morgan fingerprint density at radius 3 is 2.32 bits per heavy atom. The van der Waals surface area contributed by atoms with Gasteiger partial charge in [0.2, 0.25) is 6.29 Å². The van der Waals surface area contributed by atoms with Crippen LogP contribution in [0.25, 0.3) is 11.1 Å². The van der Waals surface area contributed by atoms with Gasteiger partial charge < -0.3 is 14.8 Å². The maximum Gasteiger partial charge on any atom is 0.354 e. The highest BCUT2D eigenvalue weighted by Gasteiger charge is 2.33. The lowest BCUT2D eigenvalue weighted by Gasteiger charge is -2.14. The van der Waals surface area contributed by atoms with Crippen molar-refractivity contribution >= 4 is 23.3 Å². The third-order valence-electron chi connectivity index (χ3n) is 3.35. The monoisotopic (exact) mass is 315 g/mol. The van der Waals surface area contributed by atoms with Crippen LogP contribution in [0.4, 0.5) is 5.69 Å². The molecule has 1 unspecified atom stereocenters. The van der Waals surface area contributed by atoms with Crippen LogP contribution in [0.3, 0.4) is 0 Å². The van der Waals surface area contributed by atoms with E-state index in [-0.39, 0.29) is 5.03 Å². The molecule has 0 aromatic heterocycles. The van der Waals surface area contributed by atoms with Crippen LogP contribution in [0.15, 0.2) is 65.3 Å². The number of carbonyl (C=O) groups is 1. The van der Waals surface area contributed by atoms with Crippen molar-refractivity contribution in [2.75, 3.05) is 12.4 Å².